The molecule has 1 unspecified atom stereocenters. The molecule has 1 aromatic heterocycles. The smallest absolute Gasteiger partial charge is 0.119 e. The van der Waals surface area contributed by atoms with E-state index in [0.29, 0.717) is 6.04 Å². The van der Waals surface area contributed by atoms with Gasteiger partial charge in [-0.25, -0.2) is 4.98 Å². The highest BCUT2D eigenvalue weighted by molar-refractivity contribution is 5.28. The van der Waals surface area contributed by atoms with Crippen LogP contribution >= 0.6 is 0 Å². The summed E-state index contributed by atoms with van der Waals surface area (Å²) in [4.78, 5) is 7.36. The van der Waals surface area contributed by atoms with Crippen LogP contribution < -0.4 is 10.1 Å². The van der Waals surface area contributed by atoms with Crippen LogP contribution in [0, 0.1) is 0 Å². The van der Waals surface area contributed by atoms with Gasteiger partial charge >= 0.3 is 0 Å². The van der Waals surface area contributed by atoms with E-state index in [4.69, 9.17) is 4.74 Å². The molecule has 0 spiro atoms. The van der Waals surface area contributed by atoms with Crippen molar-refractivity contribution in [2.45, 2.75) is 39.2 Å². The van der Waals surface area contributed by atoms with Crippen molar-refractivity contribution in [3.63, 3.8) is 0 Å². The van der Waals surface area contributed by atoms with Gasteiger partial charge in [0, 0.05) is 24.9 Å². The minimum atomic E-state index is 0.349. The highest BCUT2D eigenvalue weighted by Crippen LogP contribution is 2.17. The summed E-state index contributed by atoms with van der Waals surface area (Å²) >= 11 is 0. The molecule has 114 valence electrons. The highest BCUT2D eigenvalue weighted by Gasteiger charge is 2.05. The van der Waals surface area contributed by atoms with Crippen molar-refractivity contribution in [3.8, 4) is 5.75 Å². The van der Waals surface area contributed by atoms with Crippen molar-refractivity contribution < 1.29 is 4.74 Å². The largest absolute Gasteiger partial charge is 0.494 e. The minimum Gasteiger partial charge on any atom is -0.494 e. The van der Waals surface area contributed by atoms with Crippen LogP contribution in [-0.4, -0.2) is 23.1 Å². The van der Waals surface area contributed by atoms with E-state index in [1.807, 2.05) is 18.3 Å². The van der Waals surface area contributed by atoms with E-state index in [-0.39, 0.29) is 0 Å². The molecule has 21 heavy (non-hydrogen) atoms. The molecule has 1 aromatic carbocycles. The van der Waals surface area contributed by atoms with E-state index >= 15 is 0 Å². The zero-order valence-corrected chi connectivity index (χ0v) is 12.9. The van der Waals surface area contributed by atoms with Gasteiger partial charge in [-0.1, -0.05) is 19.1 Å². The van der Waals surface area contributed by atoms with Crippen molar-refractivity contribution in [2.24, 2.45) is 0 Å². The maximum absolute atomic E-state index is 5.60. The lowest BCUT2D eigenvalue weighted by Gasteiger charge is -2.14. The molecule has 1 atom stereocenters. The van der Waals surface area contributed by atoms with Gasteiger partial charge in [-0.05, 0) is 44.0 Å². The van der Waals surface area contributed by atoms with Crippen molar-refractivity contribution in [2.75, 3.05) is 13.2 Å². The van der Waals surface area contributed by atoms with Crippen molar-refractivity contribution in [1.29, 1.82) is 0 Å². The van der Waals surface area contributed by atoms with E-state index in [1.165, 1.54) is 5.56 Å². The number of nitrogens with one attached hydrogen (secondary N) is 2. The fourth-order valence-corrected chi connectivity index (χ4v) is 2.20. The summed E-state index contributed by atoms with van der Waals surface area (Å²) in [5.74, 6) is 2.01. The minimum absolute atomic E-state index is 0.349. The molecule has 4 heteroatoms. The van der Waals surface area contributed by atoms with Crippen LogP contribution in [0.5, 0.6) is 5.75 Å². The molecule has 0 fully saturated rings. The first-order valence-electron chi connectivity index (χ1n) is 7.74. The molecule has 0 bridgehead atoms. The molecule has 2 N–H and O–H groups in total. The van der Waals surface area contributed by atoms with Crippen LogP contribution in [0.1, 0.15) is 44.1 Å². The fraction of sp³-hybridized carbons (Fsp3) is 0.471. The van der Waals surface area contributed by atoms with E-state index in [2.05, 4.69) is 41.3 Å². The Bertz CT molecular complexity index is 493. The maximum atomic E-state index is 5.60. The Morgan fingerprint density at radius 3 is 2.76 bits per heavy atom. The van der Waals surface area contributed by atoms with Crippen LogP contribution in [0.4, 0.5) is 0 Å². The molecule has 0 saturated heterocycles. The first kappa shape index (κ1) is 15.6. The standard InChI is InChI=1S/C17H25N3O/c1-3-13-21-16-8-6-15(7-9-16)14(2)18-10-4-5-17-19-11-12-20-17/h6-9,11-12,14,18H,3-5,10,13H2,1-2H3,(H,19,20). The van der Waals surface area contributed by atoms with E-state index in [9.17, 15) is 0 Å². The maximum Gasteiger partial charge on any atom is 0.119 e. The number of aryl methyl sites for hydroxylation is 1. The second-order valence-corrected chi connectivity index (χ2v) is 5.23. The first-order valence-corrected chi connectivity index (χ1v) is 7.74. The predicted octanol–water partition coefficient (Wildman–Crippen LogP) is 3.48. The number of hydrogen-bond donors (Lipinski definition) is 2. The molecule has 0 saturated carbocycles. The van der Waals surface area contributed by atoms with Gasteiger partial charge in [-0.2, -0.15) is 0 Å². The van der Waals surface area contributed by atoms with Crippen LogP contribution in [-0.2, 0) is 6.42 Å². The van der Waals surface area contributed by atoms with Gasteiger partial charge in [0.15, 0.2) is 0 Å². The molecule has 0 radical (unpaired) electrons. The Kier molecular flexibility index (Phi) is 6.28. The van der Waals surface area contributed by atoms with Gasteiger partial charge in [0.05, 0.1) is 6.61 Å². The molecule has 0 aliphatic rings. The SMILES string of the molecule is CCCOc1ccc(C(C)NCCCc2ncc[nH]2)cc1. The molecule has 0 aliphatic carbocycles. The molecule has 0 amide bonds. The Labute approximate surface area is 127 Å². The molecular formula is C17H25N3O. The Hall–Kier alpha value is -1.81. The third kappa shape index (κ3) is 5.23. The molecule has 2 rings (SSSR count). The lowest BCUT2D eigenvalue weighted by atomic mass is 10.1. The van der Waals surface area contributed by atoms with Gasteiger partial charge in [-0.15, -0.1) is 0 Å². The second-order valence-electron chi connectivity index (χ2n) is 5.23. The summed E-state index contributed by atoms with van der Waals surface area (Å²) in [6.45, 7) is 6.06. The fourth-order valence-electron chi connectivity index (χ4n) is 2.20. The summed E-state index contributed by atoms with van der Waals surface area (Å²) in [6.07, 6.45) is 6.77. The number of imidazole rings is 1. The number of nitrogens with zero attached hydrogens (tertiary/aromatic N) is 1. The average Bonchev–Trinajstić information content (AvgIpc) is 3.03. The summed E-state index contributed by atoms with van der Waals surface area (Å²) in [6, 6.07) is 8.71. The third-order valence-corrected chi connectivity index (χ3v) is 3.45. The van der Waals surface area contributed by atoms with E-state index in [1.54, 1.807) is 6.20 Å². The molecule has 0 aliphatic heterocycles. The number of ether oxygens (including phenoxy) is 1. The number of hydrogen-bond acceptors (Lipinski definition) is 3. The third-order valence-electron chi connectivity index (χ3n) is 3.45. The molecule has 1 heterocycles. The molecule has 2 aromatic rings. The Morgan fingerprint density at radius 1 is 1.29 bits per heavy atom. The topological polar surface area (TPSA) is 49.9 Å². The van der Waals surface area contributed by atoms with E-state index < -0.39 is 0 Å². The Morgan fingerprint density at radius 2 is 2.10 bits per heavy atom. The quantitative estimate of drug-likeness (QED) is 0.694. The zero-order valence-electron chi connectivity index (χ0n) is 12.9. The number of benzene rings is 1. The second kappa shape index (κ2) is 8.47. The molecular weight excluding hydrogens is 262 g/mol. The summed E-state index contributed by atoms with van der Waals surface area (Å²) < 4.78 is 5.60. The average molecular weight is 287 g/mol. The highest BCUT2D eigenvalue weighted by atomic mass is 16.5. The lowest BCUT2D eigenvalue weighted by molar-refractivity contribution is 0.317. The van der Waals surface area contributed by atoms with Gasteiger partial charge in [-0.3, -0.25) is 0 Å². The van der Waals surface area contributed by atoms with Crippen LogP contribution in [0.15, 0.2) is 36.7 Å². The van der Waals surface area contributed by atoms with Crippen molar-refractivity contribution in [1.82, 2.24) is 15.3 Å². The van der Waals surface area contributed by atoms with Crippen LogP contribution in [0.3, 0.4) is 0 Å². The summed E-state index contributed by atoms with van der Waals surface area (Å²) in [7, 11) is 0. The number of aromatic nitrogens is 2. The number of rotatable bonds is 9. The molecule has 4 nitrogen and oxygen atoms in total. The number of aromatic amines is 1. The summed E-state index contributed by atoms with van der Waals surface area (Å²) in [5.41, 5.74) is 1.29. The van der Waals surface area contributed by atoms with Gasteiger partial charge in [0.2, 0.25) is 0 Å². The van der Waals surface area contributed by atoms with Crippen molar-refractivity contribution in [3.05, 3.63) is 48.0 Å². The normalized spacial score (nSPS) is 12.3. The van der Waals surface area contributed by atoms with Crippen LogP contribution in [0.2, 0.25) is 0 Å². The lowest BCUT2D eigenvalue weighted by Crippen LogP contribution is -2.20. The first-order chi connectivity index (χ1) is 10.3. The van der Waals surface area contributed by atoms with Gasteiger partial charge in [0.25, 0.3) is 0 Å². The van der Waals surface area contributed by atoms with Crippen LogP contribution in [0.25, 0.3) is 0 Å². The van der Waals surface area contributed by atoms with Crippen molar-refractivity contribution >= 4 is 0 Å². The predicted molar refractivity (Wildman–Crippen MR) is 85.6 cm³/mol. The zero-order chi connectivity index (χ0) is 14.9. The Balaban J connectivity index is 1.71. The summed E-state index contributed by atoms with van der Waals surface area (Å²) in [5, 5.41) is 3.54. The van der Waals surface area contributed by atoms with Gasteiger partial charge in [0.1, 0.15) is 11.6 Å². The van der Waals surface area contributed by atoms with Gasteiger partial charge < -0.3 is 15.0 Å². The number of H-pyrrole nitrogens is 1. The van der Waals surface area contributed by atoms with E-state index in [0.717, 1.165) is 44.0 Å². The monoisotopic (exact) mass is 287 g/mol.